The van der Waals surface area contributed by atoms with E-state index in [2.05, 4.69) is 9.88 Å². The van der Waals surface area contributed by atoms with Crippen molar-refractivity contribution in [3.8, 4) is 11.4 Å². The third kappa shape index (κ3) is 3.13. The second-order valence-corrected chi connectivity index (χ2v) is 10.2. The van der Waals surface area contributed by atoms with Crippen molar-refractivity contribution >= 4 is 26.6 Å². The van der Waals surface area contributed by atoms with Crippen LogP contribution in [-0.2, 0) is 9.84 Å². The molecule has 0 bridgehead atoms. The Morgan fingerprint density at radius 3 is 2.71 bits per heavy atom. The first-order valence-electron chi connectivity index (χ1n) is 9.66. The number of piperidine rings is 1. The fourth-order valence-corrected chi connectivity index (χ4v) is 6.82. The van der Waals surface area contributed by atoms with Gasteiger partial charge in [-0.05, 0) is 43.5 Å². The van der Waals surface area contributed by atoms with E-state index in [1.54, 1.807) is 12.4 Å². The summed E-state index contributed by atoms with van der Waals surface area (Å²) >= 11 is 0. The maximum atomic E-state index is 12.1. The molecule has 2 saturated heterocycles. The molecule has 2 aliphatic rings. The van der Waals surface area contributed by atoms with Crippen LogP contribution in [0.1, 0.15) is 19.3 Å². The first kappa shape index (κ1) is 17.6. The predicted octanol–water partition coefficient (Wildman–Crippen LogP) is 3.10. The molecule has 2 fully saturated rings. The summed E-state index contributed by atoms with van der Waals surface area (Å²) in [5, 5.41) is 1.01. The van der Waals surface area contributed by atoms with Gasteiger partial charge in [-0.3, -0.25) is 4.98 Å². The molecule has 2 aromatic heterocycles. The van der Waals surface area contributed by atoms with Gasteiger partial charge in [0.05, 0.1) is 17.0 Å². The second kappa shape index (κ2) is 6.51. The molecule has 1 aromatic carbocycles. The van der Waals surface area contributed by atoms with Crippen LogP contribution in [0.2, 0.25) is 0 Å². The van der Waals surface area contributed by atoms with Crippen LogP contribution in [0, 0.1) is 5.41 Å². The largest absolute Gasteiger partial charge is 0.355 e. The number of hydrogen-bond acceptors (Lipinski definition) is 6. The quantitative estimate of drug-likeness (QED) is 0.665. The maximum Gasteiger partial charge on any atom is 0.163 e. The number of para-hydroxylation sites is 1. The fraction of sp³-hybridized carbons (Fsp3) is 0.381. The van der Waals surface area contributed by atoms with Gasteiger partial charge in [0.15, 0.2) is 15.7 Å². The highest BCUT2D eigenvalue weighted by Crippen LogP contribution is 2.42. The van der Waals surface area contributed by atoms with Gasteiger partial charge in [-0.2, -0.15) is 0 Å². The SMILES string of the molecule is O=S1(=O)CCC2(CCCN(c3nc(-c4cccnc4)nc4ccccc34)C2)C1. The molecule has 7 heteroatoms. The number of benzene rings is 1. The van der Waals surface area contributed by atoms with E-state index >= 15 is 0 Å². The van der Waals surface area contributed by atoms with Crippen LogP contribution >= 0.6 is 0 Å². The molecule has 1 spiro atoms. The Balaban J connectivity index is 1.60. The summed E-state index contributed by atoms with van der Waals surface area (Å²) in [5.74, 6) is 2.16. The molecule has 6 nitrogen and oxygen atoms in total. The van der Waals surface area contributed by atoms with Crippen LogP contribution in [-0.4, -0.2) is 48.0 Å². The minimum Gasteiger partial charge on any atom is -0.355 e. The van der Waals surface area contributed by atoms with E-state index in [4.69, 9.17) is 9.97 Å². The third-order valence-electron chi connectivity index (χ3n) is 5.93. The lowest BCUT2D eigenvalue weighted by atomic mass is 9.79. The van der Waals surface area contributed by atoms with Gasteiger partial charge in [0, 0.05) is 41.8 Å². The Morgan fingerprint density at radius 2 is 1.93 bits per heavy atom. The molecular weight excluding hydrogens is 372 g/mol. The molecule has 1 atom stereocenters. The number of aromatic nitrogens is 3. The summed E-state index contributed by atoms with van der Waals surface area (Å²) in [5.41, 5.74) is 1.63. The zero-order valence-corrected chi connectivity index (χ0v) is 16.4. The molecule has 0 saturated carbocycles. The Kier molecular flexibility index (Phi) is 4.08. The van der Waals surface area contributed by atoms with Crippen molar-refractivity contribution in [1.82, 2.24) is 15.0 Å². The molecule has 0 amide bonds. The van der Waals surface area contributed by atoms with Gasteiger partial charge in [0.1, 0.15) is 5.82 Å². The molecule has 144 valence electrons. The molecule has 0 radical (unpaired) electrons. The van der Waals surface area contributed by atoms with Gasteiger partial charge in [-0.1, -0.05) is 12.1 Å². The Labute approximate surface area is 164 Å². The summed E-state index contributed by atoms with van der Waals surface area (Å²) in [6.45, 7) is 1.62. The second-order valence-electron chi connectivity index (χ2n) is 8.00. The van der Waals surface area contributed by atoms with Crippen LogP contribution in [0.15, 0.2) is 48.8 Å². The molecule has 3 aromatic rings. The van der Waals surface area contributed by atoms with E-state index < -0.39 is 9.84 Å². The van der Waals surface area contributed by atoms with Crippen LogP contribution in [0.3, 0.4) is 0 Å². The summed E-state index contributed by atoms with van der Waals surface area (Å²) in [6, 6.07) is 11.9. The van der Waals surface area contributed by atoms with Crippen molar-refractivity contribution in [3.05, 3.63) is 48.8 Å². The molecular formula is C21H22N4O2S. The highest BCUT2D eigenvalue weighted by Gasteiger charge is 2.45. The van der Waals surface area contributed by atoms with E-state index in [1.807, 2.05) is 36.4 Å². The van der Waals surface area contributed by atoms with Crippen molar-refractivity contribution in [1.29, 1.82) is 0 Å². The molecule has 0 N–H and O–H groups in total. The van der Waals surface area contributed by atoms with E-state index in [9.17, 15) is 8.42 Å². The fourth-order valence-electron chi connectivity index (χ4n) is 4.62. The van der Waals surface area contributed by atoms with Crippen LogP contribution in [0.5, 0.6) is 0 Å². The minimum atomic E-state index is -2.92. The average Bonchev–Trinajstić information content (AvgIpc) is 3.01. The van der Waals surface area contributed by atoms with Gasteiger partial charge < -0.3 is 4.90 Å². The monoisotopic (exact) mass is 394 g/mol. The molecule has 2 aliphatic heterocycles. The Morgan fingerprint density at radius 1 is 1.04 bits per heavy atom. The number of pyridine rings is 1. The normalized spacial score (nSPS) is 24.1. The zero-order chi connectivity index (χ0) is 19.2. The zero-order valence-electron chi connectivity index (χ0n) is 15.6. The Hall–Kier alpha value is -2.54. The lowest BCUT2D eigenvalue weighted by molar-refractivity contribution is 0.269. The summed E-state index contributed by atoms with van der Waals surface area (Å²) < 4.78 is 24.3. The van der Waals surface area contributed by atoms with Crippen molar-refractivity contribution < 1.29 is 8.42 Å². The molecule has 5 rings (SSSR count). The number of hydrogen-bond donors (Lipinski definition) is 0. The highest BCUT2D eigenvalue weighted by atomic mass is 32.2. The van der Waals surface area contributed by atoms with Crippen LogP contribution in [0.4, 0.5) is 5.82 Å². The third-order valence-corrected chi connectivity index (χ3v) is 7.81. The highest BCUT2D eigenvalue weighted by molar-refractivity contribution is 7.91. The average molecular weight is 395 g/mol. The van der Waals surface area contributed by atoms with Gasteiger partial charge in [0.2, 0.25) is 0 Å². The predicted molar refractivity (Wildman–Crippen MR) is 110 cm³/mol. The van der Waals surface area contributed by atoms with Crippen molar-refractivity contribution in [2.45, 2.75) is 19.3 Å². The van der Waals surface area contributed by atoms with Gasteiger partial charge in [-0.15, -0.1) is 0 Å². The van der Waals surface area contributed by atoms with Gasteiger partial charge in [0.25, 0.3) is 0 Å². The number of rotatable bonds is 2. The maximum absolute atomic E-state index is 12.1. The summed E-state index contributed by atoms with van der Waals surface area (Å²) in [6.07, 6.45) is 6.22. The summed E-state index contributed by atoms with van der Waals surface area (Å²) in [4.78, 5) is 16.1. The summed E-state index contributed by atoms with van der Waals surface area (Å²) in [7, 11) is -2.92. The van der Waals surface area contributed by atoms with Gasteiger partial charge >= 0.3 is 0 Å². The molecule has 1 unspecified atom stereocenters. The minimum absolute atomic E-state index is 0.141. The molecule has 4 heterocycles. The lowest BCUT2D eigenvalue weighted by Gasteiger charge is -2.40. The van der Waals surface area contributed by atoms with E-state index in [-0.39, 0.29) is 5.41 Å². The lowest BCUT2D eigenvalue weighted by Crippen LogP contribution is -2.44. The smallest absolute Gasteiger partial charge is 0.163 e. The van der Waals surface area contributed by atoms with E-state index in [0.29, 0.717) is 17.3 Å². The first-order chi connectivity index (χ1) is 13.5. The topological polar surface area (TPSA) is 76.1 Å². The first-order valence-corrected chi connectivity index (χ1v) is 11.5. The van der Waals surface area contributed by atoms with Crippen molar-refractivity contribution in [3.63, 3.8) is 0 Å². The van der Waals surface area contributed by atoms with E-state index in [0.717, 1.165) is 54.6 Å². The number of sulfone groups is 1. The van der Waals surface area contributed by atoms with Crippen LogP contribution in [0.25, 0.3) is 22.3 Å². The molecule has 28 heavy (non-hydrogen) atoms. The van der Waals surface area contributed by atoms with Crippen LogP contribution < -0.4 is 4.90 Å². The number of nitrogens with zero attached hydrogens (tertiary/aromatic N) is 4. The molecule has 0 aliphatic carbocycles. The number of anilines is 1. The van der Waals surface area contributed by atoms with Crippen molar-refractivity contribution in [2.75, 3.05) is 29.5 Å². The van der Waals surface area contributed by atoms with Crippen molar-refractivity contribution in [2.24, 2.45) is 5.41 Å². The Bertz CT molecular complexity index is 1130. The standard InChI is InChI=1S/C21H22N4O2S/c26-28(27)12-9-21(15-28)8-4-11-25(14-21)20-17-6-1-2-7-18(17)23-19(24-20)16-5-3-10-22-13-16/h1-3,5-7,10,13H,4,8-9,11-12,14-15H2. The van der Waals surface area contributed by atoms with E-state index in [1.165, 1.54) is 0 Å². The number of fused-ring (bicyclic) bond motifs is 1. The van der Waals surface area contributed by atoms with Gasteiger partial charge in [-0.25, -0.2) is 18.4 Å².